The van der Waals surface area contributed by atoms with Gasteiger partial charge in [0.05, 0.1) is 5.75 Å². The molecule has 3 aromatic carbocycles. The summed E-state index contributed by atoms with van der Waals surface area (Å²) in [7, 11) is 0. The third kappa shape index (κ3) is 4.57. The number of amides is 1. The van der Waals surface area contributed by atoms with E-state index >= 15 is 0 Å². The molecule has 0 atom stereocenters. The standard InChI is InChI=1S/C22H18N2O2S/c25-21(15-27-18-9-5-2-6-10-18)23-17-11-12-20-19(14-17)24-22(26-20)13-16-7-3-1-4-8-16/h1-12,14H,13,15H2,(H,23,25). The summed E-state index contributed by atoms with van der Waals surface area (Å²) in [5.74, 6) is 0.982. The summed E-state index contributed by atoms with van der Waals surface area (Å²) in [5.41, 5.74) is 3.34. The second-order valence-corrected chi connectivity index (χ2v) is 7.15. The van der Waals surface area contributed by atoms with Crippen molar-refractivity contribution in [1.29, 1.82) is 0 Å². The molecule has 0 aliphatic rings. The molecule has 5 heteroatoms. The molecule has 1 amide bonds. The molecule has 0 aliphatic carbocycles. The Kier molecular flexibility index (Phi) is 5.21. The summed E-state index contributed by atoms with van der Waals surface area (Å²) in [5, 5.41) is 2.92. The zero-order valence-electron chi connectivity index (χ0n) is 14.6. The Balaban J connectivity index is 1.41. The first-order valence-electron chi connectivity index (χ1n) is 8.67. The molecule has 0 unspecified atom stereocenters. The number of nitrogens with zero attached hydrogens (tertiary/aromatic N) is 1. The van der Waals surface area contributed by atoms with Gasteiger partial charge in [-0.05, 0) is 35.9 Å². The van der Waals surface area contributed by atoms with Gasteiger partial charge in [0, 0.05) is 17.0 Å². The number of carbonyl (C=O) groups excluding carboxylic acids is 1. The fourth-order valence-corrected chi connectivity index (χ4v) is 3.48. The number of carbonyl (C=O) groups is 1. The summed E-state index contributed by atoms with van der Waals surface area (Å²) in [4.78, 5) is 17.8. The molecule has 4 nitrogen and oxygen atoms in total. The van der Waals surface area contributed by atoms with E-state index in [1.807, 2.05) is 78.9 Å². The lowest BCUT2D eigenvalue weighted by Crippen LogP contribution is -2.13. The molecule has 4 aromatic rings. The lowest BCUT2D eigenvalue weighted by Gasteiger charge is -2.04. The van der Waals surface area contributed by atoms with Gasteiger partial charge in [-0.2, -0.15) is 0 Å². The van der Waals surface area contributed by atoms with Crippen LogP contribution in [0.5, 0.6) is 0 Å². The van der Waals surface area contributed by atoms with Crippen LogP contribution in [0.3, 0.4) is 0 Å². The lowest BCUT2D eigenvalue weighted by atomic mass is 10.1. The van der Waals surface area contributed by atoms with Gasteiger partial charge in [-0.1, -0.05) is 48.5 Å². The van der Waals surface area contributed by atoms with Crippen molar-refractivity contribution in [2.45, 2.75) is 11.3 Å². The van der Waals surface area contributed by atoms with Crippen molar-refractivity contribution in [3.63, 3.8) is 0 Å². The summed E-state index contributed by atoms with van der Waals surface area (Å²) in [6.07, 6.45) is 0.644. The van der Waals surface area contributed by atoms with Crippen LogP contribution in [0, 0.1) is 0 Å². The first-order chi connectivity index (χ1) is 13.3. The molecule has 0 aliphatic heterocycles. The number of thioether (sulfide) groups is 1. The minimum Gasteiger partial charge on any atom is -0.440 e. The van der Waals surface area contributed by atoms with Crippen LogP contribution >= 0.6 is 11.8 Å². The van der Waals surface area contributed by atoms with E-state index in [1.54, 1.807) is 0 Å². The highest BCUT2D eigenvalue weighted by molar-refractivity contribution is 8.00. The van der Waals surface area contributed by atoms with E-state index in [0.29, 0.717) is 18.1 Å². The van der Waals surface area contributed by atoms with E-state index < -0.39 is 0 Å². The molecule has 1 heterocycles. The van der Waals surface area contributed by atoms with Gasteiger partial charge in [-0.3, -0.25) is 4.79 Å². The van der Waals surface area contributed by atoms with E-state index in [-0.39, 0.29) is 5.91 Å². The van der Waals surface area contributed by atoms with Crippen molar-refractivity contribution in [3.8, 4) is 0 Å². The fraction of sp³-hybridized carbons (Fsp3) is 0.0909. The van der Waals surface area contributed by atoms with Crippen LogP contribution in [0.25, 0.3) is 11.1 Å². The lowest BCUT2D eigenvalue weighted by molar-refractivity contribution is -0.113. The maximum absolute atomic E-state index is 12.2. The van der Waals surface area contributed by atoms with Gasteiger partial charge in [0.15, 0.2) is 11.5 Å². The number of fused-ring (bicyclic) bond motifs is 1. The highest BCUT2D eigenvalue weighted by Gasteiger charge is 2.09. The Morgan fingerprint density at radius 2 is 1.70 bits per heavy atom. The number of rotatable bonds is 6. The topological polar surface area (TPSA) is 55.1 Å². The number of benzene rings is 3. The minimum atomic E-state index is -0.0452. The van der Waals surface area contributed by atoms with Crippen LogP contribution in [0.2, 0.25) is 0 Å². The van der Waals surface area contributed by atoms with Crippen molar-refractivity contribution in [2.75, 3.05) is 11.1 Å². The first-order valence-corrected chi connectivity index (χ1v) is 9.66. The number of hydrogen-bond acceptors (Lipinski definition) is 4. The Labute approximate surface area is 161 Å². The van der Waals surface area contributed by atoms with E-state index in [4.69, 9.17) is 4.42 Å². The first kappa shape index (κ1) is 17.4. The van der Waals surface area contributed by atoms with Gasteiger partial charge in [-0.15, -0.1) is 11.8 Å². The highest BCUT2D eigenvalue weighted by atomic mass is 32.2. The number of anilines is 1. The predicted molar refractivity (Wildman–Crippen MR) is 109 cm³/mol. The largest absolute Gasteiger partial charge is 0.440 e. The zero-order chi connectivity index (χ0) is 18.5. The summed E-state index contributed by atoms with van der Waals surface area (Å²) in [6, 6.07) is 25.5. The average molecular weight is 374 g/mol. The molecular weight excluding hydrogens is 356 g/mol. The van der Waals surface area contributed by atoms with Crippen molar-refractivity contribution >= 4 is 34.5 Å². The van der Waals surface area contributed by atoms with Crippen LogP contribution in [0.1, 0.15) is 11.5 Å². The number of hydrogen-bond donors (Lipinski definition) is 1. The van der Waals surface area contributed by atoms with Crippen LogP contribution < -0.4 is 5.32 Å². The van der Waals surface area contributed by atoms with Gasteiger partial charge in [0.2, 0.25) is 5.91 Å². The van der Waals surface area contributed by atoms with E-state index in [2.05, 4.69) is 10.3 Å². The van der Waals surface area contributed by atoms with Crippen molar-refractivity contribution in [3.05, 3.63) is 90.3 Å². The van der Waals surface area contributed by atoms with Gasteiger partial charge in [-0.25, -0.2) is 4.98 Å². The molecule has 0 spiro atoms. The van der Waals surface area contributed by atoms with Crippen molar-refractivity contribution in [1.82, 2.24) is 4.98 Å². The van der Waals surface area contributed by atoms with Gasteiger partial charge in [0.1, 0.15) is 5.52 Å². The normalized spacial score (nSPS) is 10.8. The summed E-state index contributed by atoms with van der Waals surface area (Å²) in [6.45, 7) is 0. The number of oxazole rings is 1. The van der Waals surface area contributed by atoms with Crippen LogP contribution in [-0.4, -0.2) is 16.6 Å². The SMILES string of the molecule is O=C(CSc1ccccc1)Nc1ccc2oc(Cc3ccccc3)nc2c1. The number of aromatic nitrogens is 1. The zero-order valence-corrected chi connectivity index (χ0v) is 15.4. The molecule has 0 saturated heterocycles. The van der Waals surface area contributed by atoms with E-state index in [1.165, 1.54) is 11.8 Å². The van der Waals surface area contributed by atoms with Crippen LogP contribution in [-0.2, 0) is 11.2 Å². The monoisotopic (exact) mass is 374 g/mol. The third-order valence-corrected chi connectivity index (χ3v) is 5.04. The second-order valence-electron chi connectivity index (χ2n) is 6.10. The van der Waals surface area contributed by atoms with Crippen LogP contribution in [0.4, 0.5) is 5.69 Å². The third-order valence-electron chi connectivity index (χ3n) is 4.03. The molecule has 134 valence electrons. The highest BCUT2D eigenvalue weighted by Crippen LogP contribution is 2.22. The van der Waals surface area contributed by atoms with Crippen LogP contribution in [0.15, 0.2) is 88.2 Å². The molecule has 0 bridgehead atoms. The second kappa shape index (κ2) is 8.10. The maximum Gasteiger partial charge on any atom is 0.234 e. The molecule has 27 heavy (non-hydrogen) atoms. The summed E-state index contributed by atoms with van der Waals surface area (Å²) >= 11 is 1.51. The molecular formula is C22H18N2O2S. The fourth-order valence-electron chi connectivity index (χ4n) is 2.76. The average Bonchev–Trinajstić information content (AvgIpc) is 3.09. The minimum absolute atomic E-state index is 0.0452. The smallest absolute Gasteiger partial charge is 0.234 e. The maximum atomic E-state index is 12.2. The van der Waals surface area contributed by atoms with Gasteiger partial charge >= 0.3 is 0 Å². The summed E-state index contributed by atoms with van der Waals surface area (Å²) < 4.78 is 5.81. The Hall–Kier alpha value is -3.05. The Morgan fingerprint density at radius 1 is 0.963 bits per heavy atom. The molecule has 1 N–H and O–H groups in total. The molecule has 0 fully saturated rings. The molecule has 0 radical (unpaired) electrons. The molecule has 0 saturated carbocycles. The van der Waals surface area contributed by atoms with Crippen molar-refractivity contribution < 1.29 is 9.21 Å². The van der Waals surface area contributed by atoms with Gasteiger partial charge < -0.3 is 9.73 Å². The Morgan fingerprint density at radius 3 is 2.48 bits per heavy atom. The predicted octanol–water partition coefficient (Wildman–Crippen LogP) is 5.15. The van der Waals surface area contributed by atoms with E-state index in [0.717, 1.165) is 27.2 Å². The molecule has 1 aromatic heterocycles. The number of nitrogens with one attached hydrogen (secondary N) is 1. The molecule has 4 rings (SSSR count). The Bertz CT molecular complexity index is 1050. The quantitative estimate of drug-likeness (QED) is 0.474. The van der Waals surface area contributed by atoms with Gasteiger partial charge in [0.25, 0.3) is 0 Å². The van der Waals surface area contributed by atoms with E-state index in [9.17, 15) is 4.79 Å². The van der Waals surface area contributed by atoms with Crippen molar-refractivity contribution in [2.24, 2.45) is 0 Å².